The molecule has 0 fully saturated rings. The Morgan fingerprint density at radius 1 is 0.952 bits per heavy atom. The van der Waals surface area contributed by atoms with Crippen LogP contribution in [0.2, 0.25) is 4.82 Å². The van der Waals surface area contributed by atoms with Crippen molar-refractivity contribution in [1.29, 1.82) is 0 Å². The molecule has 110 valence electrons. The van der Waals surface area contributed by atoms with Crippen molar-refractivity contribution in [1.82, 2.24) is 0 Å². The summed E-state index contributed by atoms with van der Waals surface area (Å²) < 4.78 is 11.7. The van der Waals surface area contributed by atoms with Crippen molar-refractivity contribution in [3.8, 4) is 0 Å². The maximum absolute atomic E-state index is 12.2. The Kier molecular flexibility index (Phi) is 6.00. The van der Waals surface area contributed by atoms with E-state index in [0.29, 0.717) is 0 Å². The first kappa shape index (κ1) is 15.8. The van der Waals surface area contributed by atoms with Crippen LogP contribution >= 0.6 is 0 Å². The molecular weight excluding hydrogens is 331 g/mol. The van der Waals surface area contributed by atoms with Gasteiger partial charge >= 0.3 is 131 Å². The molecule has 0 amide bonds. The molecular formula is C17H18O3Se. The predicted octanol–water partition coefficient (Wildman–Crippen LogP) is 2.37. The normalized spacial score (nSPS) is 13.4. The van der Waals surface area contributed by atoms with Gasteiger partial charge in [0.15, 0.2) is 0 Å². The summed E-state index contributed by atoms with van der Waals surface area (Å²) in [6, 6.07) is 19.8. The molecule has 0 radical (unpaired) electrons. The van der Waals surface area contributed by atoms with E-state index >= 15 is 0 Å². The summed E-state index contributed by atoms with van der Waals surface area (Å²) in [6.07, 6.45) is -0.293. The number of hydrogen-bond donors (Lipinski definition) is 0. The minimum atomic E-state index is -0.308. The summed E-state index contributed by atoms with van der Waals surface area (Å²) in [6.45, 7) is 0. The standard InChI is InChI=1S/C17H18O3Se/c1-19-15(13-9-5-3-6-10-13)16(17(18)20-2)21-14-11-7-4-8-12-14/h3-12,15-16H,1-2H3/t15-,16+/m1/s1. The number of carbonyl (C=O) groups is 1. The SMILES string of the molecule is COC(=O)[C@@H]([Se]c1ccccc1)[C@H](OC)c1ccccc1. The first-order valence-corrected chi connectivity index (χ1v) is 8.48. The van der Waals surface area contributed by atoms with E-state index in [1.54, 1.807) is 7.11 Å². The molecule has 2 aromatic rings. The van der Waals surface area contributed by atoms with Crippen molar-refractivity contribution in [3.05, 3.63) is 66.2 Å². The third-order valence-corrected chi connectivity index (χ3v) is 5.69. The molecule has 0 aliphatic heterocycles. The summed E-state index contributed by atoms with van der Waals surface area (Å²) in [5.41, 5.74) is 0.994. The van der Waals surface area contributed by atoms with E-state index in [-0.39, 0.29) is 31.8 Å². The van der Waals surface area contributed by atoms with Crippen LogP contribution in [0.25, 0.3) is 0 Å². The first-order valence-electron chi connectivity index (χ1n) is 6.63. The van der Waals surface area contributed by atoms with Crippen molar-refractivity contribution < 1.29 is 14.3 Å². The second-order valence-electron chi connectivity index (χ2n) is 4.44. The molecule has 21 heavy (non-hydrogen) atoms. The van der Waals surface area contributed by atoms with E-state index in [4.69, 9.17) is 9.47 Å². The van der Waals surface area contributed by atoms with Crippen LogP contribution in [-0.4, -0.2) is 35.1 Å². The molecule has 2 atom stereocenters. The number of hydrogen-bond acceptors (Lipinski definition) is 3. The molecule has 0 aromatic heterocycles. The molecule has 0 spiro atoms. The molecule has 0 bridgehead atoms. The first-order chi connectivity index (χ1) is 10.3. The van der Waals surface area contributed by atoms with Gasteiger partial charge < -0.3 is 0 Å². The van der Waals surface area contributed by atoms with E-state index < -0.39 is 0 Å². The molecule has 2 rings (SSSR count). The van der Waals surface area contributed by atoms with Crippen molar-refractivity contribution in [3.63, 3.8) is 0 Å². The van der Waals surface area contributed by atoms with Gasteiger partial charge in [0.05, 0.1) is 0 Å². The van der Waals surface area contributed by atoms with E-state index in [9.17, 15) is 4.79 Å². The fraction of sp³-hybridized carbons (Fsp3) is 0.235. The van der Waals surface area contributed by atoms with Crippen LogP contribution in [0, 0.1) is 0 Å². The third-order valence-electron chi connectivity index (χ3n) is 3.10. The van der Waals surface area contributed by atoms with Gasteiger partial charge in [-0.25, -0.2) is 0 Å². The second-order valence-corrected chi connectivity index (χ2v) is 6.99. The number of carbonyl (C=O) groups excluding carboxylic acids is 1. The van der Waals surface area contributed by atoms with Crippen LogP contribution in [-0.2, 0) is 14.3 Å². The quantitative estimate of drug-likeness (QED) is 0.593. The van der Waals surface area contributed by atoms with Crippen molar-refractivity contribution in [2.75, 3.05) is 14.2 Å². The molecule has 2 aromatic carbocycles. The number of benzene rings is 2. The summed E-state index contributed by atoms with van der Waals surface area (Å²) in [4.78, 5) is 11.9. The van der Waals surface area contributed by atoms with E-state index in [2.05, 4.69) is 0 Å². The Hall–Kier alpha value is -1.61. The second kappa shape index (κ2) is 7.99. The minimum absolute atomic E-state index is 0.0646. The van der Waals surface area contributed by atoms with Crippen molar-refractivity contribution in [2.45, 2.75) is 10.9 Å². The zero-order valence-corrected chi connectivity index (χ0v) is 13.8. The summed E-state index contributed by atoms with van der Waals surface area (Å²) in [7, 11) is 3.06. The maximum atomic E-state index is 12.2. The van der Waals surface area contributed by atoms with E-state index in [0.717, 1.165) is 10.0 Å². The molecule has 0 saturated carbocycles. The van der Waals surface area contributed by atoms with Crippen LogP contribution in [0.5, 0.6) is 0 Å². The number of esters is 1. The van der Waals surface area contributed by atoms with Gasteiger partial charge in [0.1, 0.15) is 0 Å². The number of ether oxygens (including phenoxy) is 2. The molecule has 3 nitrogen and oxygen atoms in total. The third kappa shape index (κ3) is 4.18. The van der Waals surface area contributed by atoms with Gasteiger partial charge in [-0.2, -0.15) is 0 Å². The Morgan fingerprint density at radius 2 is 1.52 bits per heavy atom. The zero-order valence-electron chi connectivity index (χ0n) is 12.1. The molecule has 0 unspecified atom stereocenters. The van der Waals surface area contributed by atoms with Gasteiger partial charge in [0.2, 0.25) is 0 Å². The van der Waals surface area contributed by atoms with Crippen molar-refractivity contribution >= 4 is 25.4 Å². The van der Waals surface area contributed by atoms with Crippen LogP contribution in [0.4, 0.5) is 0 Å². The van der Waals surface area contributed by atoms with Crippen LogP contribution in [0.1, 0.15) is 11.7 Å². The summed E-state index contributed by atoms with van der Waals surface area (Å²) in [5.74, 6) is -0.227. The average Bonchev–Trinajstić information content (AvgIpc) is 2.56. The fourth-order valence-corrected chi connectivity index (χ4v) is 4.57. The van der Waals surface area contributed by atoms with Gasteiger partial charge in [0, 0.05) is 0 Å². The molecule has 0 aliphatic carbocycles. The fourth-order valence-electron chi connectivity index (χ4n) is 2.07. The molecule has 0 heterocycles. The Bertz CT molecular complexity index is 557. The molecule has 4 heteroatoms. The van der Waals surface area contributed by atoms with E-state index in [1.165, 1.54) is 7.11 Å². The Balaban J connectivity index is 2.28. The van der Waals surface area contributed by atoms with Crippen molar-refractivity contribution in [2.24, 2.45) is 0 Å². The number of rotatable bonds is 6. The predicted molar refractivity (Wildman–Crippen MR) is 83.8 cm³/mol. The van der Waals surface area contributed by atoms with Gasteiger partial charge in [-0.05, 0) is 0 Å². The number of methoxy groups -OCH3 is 2. The van der Waals surface area contributed by atoms with Gasteiger partial charge in [-0.1, -0.05) is 0 Å². The van der Waals surface area contributed by atoms with Gasteiger partial charge in [0.25, 0.3) is 0 Å². The zero-order chi connectivity index (χ0) is 15.1. The van der Waals surface area contributed by atoms with Crippen LogP contribution in [0.3, 0.4) is 0 Å². The monoisotopic (exact) mass is 350 g/mol. The van der Waals surface area contributed by atoms with E-state index in [1.807, 2.05) is 60.7 Å². The average molecular weight is 349 g/mol. The Labute approximate surface area is 131 Å². The summed E-state index contributed by atoms with van der Waals surface area (Å²) >= 11 is -0.0646. The molecule has 0 aliphatic rings. The topological polar surface area (TPSA) is 35.5 Å². The van der Waals surface area contributed by atoms with Gasteiger partial charge in [-0.3, -0.25) is 0 Å². The Morgan fingerprint density at radius 3 is 2.05 bits per heavy atom. The van der Waals surface area contributed by atoms with Gasteiger partial charge in [-0.15, -0.1) is 0 Å². The van der Waals surface area contributed by atoms with Crippen LogP contribution in [0.15, 0.2) is 60.7 Å². The van der Waals surface area contributed by atoms with Crippen LogP contribution < -0.4 is 4.46 Å². The summed E-state index contributed by atoms with van der Waals surface area (Å²) in [5, 5.41) is 0. The molecule has 0 saturated heterocycles. The molecule has 0 N–H and O–H groups in total.